The third-order valence-corrected chi connectivity index (χ3v) is 3.01. The van der Waals surface area contributed by atoms with E-state index in [1.165, 1.54) is 0 Å². The summed E-state index contributed by atoms with van der Waals surface area (Å²) >= 11 is 0. The Morgan fingerprint density at radius 3 is 2.30 bits per heavy atom. The molecule has 0 aliphatic heterocycles. The fourth-order valence-electron chi connectivity index (χ4n) is 1.74. The van der Waals surface area contributed by atoms with E-state index in [1.807, 2.05) is 4.98 Å². The number of anilines is 2. The van der Waals surface area contributed by atoms with Gasteiger partial charge in [0.15, 0.2) is 0 Å². The van der Waals surface area contributed by atoms with Crippen LogP contribution < -0.4 is 27.6 Å². The van der Waals surface area contributed by atoms with E-state index in [-0.39, 0.29) is 30.6 Å². The SMILES string of the molecule is CC(N)CNc1c(NC[C@H](O)[C@H](O)[C@H](O)CO)[nH]c(=O)[nH]c1=O. The normalized spacial score (nSPS) is 16.4. The second-order valence-electron chi connectivity index (χ2n) is 5.21. The predicted molar refractivity (Wildman–Crippen MR) is 83.4 cm³/mol. The van der Waals surface area contributed by atoms with E-state index in [4.69, 9.17) is 10.8 Å². The second-order valence-corrected chi connectivity index (χ2v) is 5.21. The highest BCUT2D eigenvalue weighted by Crippen LogP contribution is 2.11. The summed E-state index contributed by atoms with van der Waals surface area (Å²) in [5.74, 6) is 0.00383. The molecule has 132 valence electrons. The fraction of sp³-hybridized carbons (Fsp3) is 0.667. The van der Waals surface area contributed by atoms with Crippen molar-refractivity contribution in [1.82, 2.24) is 9.97 Å². The van der Waals surface area contributed by atoms with Gasteiger partial charge >= 0.3 is 5.69 Å². The van der Waals surface area contributed by atoms with Crippen molar-refractivity contribution in [1.29, 1.82) is 0 Å². The Bertz CT molecular complexity index is 600. The summed E-state index contributed by atoms with van der Waals surface area (Å²) in [7, 11) is 0. The molecular formula is C12H23N5O6. The zero-order chi connectivity index (χ0) is 17.6. The monoisotopic (exact) mass is 333 g/mol. The highest BCUT2D eigenvalue weighted by molar-refractivity contribution is 5.62. The number of hydrogen-bond donors (Lipinski definition) is 9. The lowest BCUT2D eigenvalue weighted by Crippen LogP contribution is -2.43. The third-order valence-electron chi connectivity index (χ3n) is 3.01. The van der Waals surface area contributed by atoms with Crippen LogP contribution in [0.3, 0.4) is 0 Å². The number of rotatable bonds is 9. The number of H-pyrrole nitrogens is 2. The minimum Gasteiger partial charge on any atom is -0.394 e. The van der Waals surface area contributed by atoms with Crippen LogP contribution in [-0.2, 0) is 0 Å². The van der Waals surface area contributed by atoms with Crippen LogP contribution in [0.2, 0.25) is 0 Å². The minimum absolute atomic E-state index is 0.00383. The summed E-state index contributed by atoms with van der Waals surface area (Å²) in [5, 5.41) is 42.6. The molecule has 0 saturated heterocycles. The van der Waals surface area contributed by atoms with Crippen molar-refractivity contribution in [2.75, 3.05) is 30.3 Å². The van der Waals surface area contributed by atoms with E-state index in [0.29, 0.717) is 0 Å². The minimum atomic E-state index is -1.60. The number of aliphatic hydroxyl groups is 4. The Morgan fingerprint density at radius 2 is 1.74 bits per heavy atom. The topological polar surface area (TPSA) is 197 Å². The molecule has 11 heteroatoms. The first-order chi connectivity index (χ1) is 10.8. The van der Waals surface area contributed by atoms with Crippen LogP contribution in [0.4, 0.5) is 11.5 Å². The highest BCUT2D eigenvalue weighted by atomic mass is 16.4. The van der Waals surface area contributed by atoms with Crippen molar-refractivity contribution in [3.05, 3.63) is 20.8 Å². The van der Waals surface area contributed by atoms with Gasteiger partial charge in [-0.2, -0.15) is 0 Å². The van der Waals surface area contributed by atoms with Crippen molar-refractivity contribution in [2.24, 2.45) is 5.73 Å². The average molecular weight is 333 g/mol. The van der Waals surface area contributed by atoms with Gasteiger partial charge < -0.3 is 36.8 Å². The molecule has 0 aromatic carbocycles. The van der Waals surface area contributed by atoms with E-state index < -0.39 is 36.2 Å². The molecule has 0 spiro atoms. The lowest BCUT2D eigenvalue weighted by Gasteiger charge is -2.22. The van der Waals surface area contributed by atoms with Gasteiger partial charge in [-0.25, -0.2) is 4.79 Å². The molecule has 23 heavy (non-hydrogen) atoms. The molecule has 0 fully saturated rings. The maximum Gasteiger partial charge on any atom is 0.327 e. The second kappa shape index (κ2) is 8.64. The summed E-state index contributed by atoms with van der Waals surface area (Å²) in [5.41, 5.74) is 4.18. The Morgan fingerprint density at radius 1 is 1.09 bits per heavy atom. The fourth-order valence-corrected chi connectivity index (χ4v) is 1.74. The van der Waals surface area contributed by atoms with Gasteiger partial charge in [0.1, 0.15) is 23.7 Å². The molecular weight excluding hydrogens is 310 g/mol. The molecule has 1 aromatic heterocycles. The van der Waals surface area contributed by atoms with Crippen LogP contribution >= 0.6 is 0 Å². The lowest BCUT2D eigenvalue weighted by molar-refractivity contribution is -0.0715. The number of aliphatic hydroxyl groups excluding tert-OH is 4. The number of aromatic nitrogens is 2. The van der Waals surface area contributed by atoms with Crippen molar-refractivity contribution in [2.45, 2.75) is 31.3 Å². The molecule has 1 unspecified atom stereocenters. The summed E-state index contributed by atoms with van der Waals surface area (Å²) < 4.78 is 0. The lowest BCUT2D eigenvalue weighted by atomic mass is 10.1. The molecule has 11 nitrogen and oxygen atoms in total. The largest absolute Gasteiger partial charge is 0.394 e. The van der Waals surface area contributed by atoms with Crippen molar-refractivity contribution >= 4 is 11.5 Å². The molecule has 0 aliphatic carbocycles. The Kier molecular flexibility index (Phi) is 7.19. The van der Waals surface area contributed by atoms with Gasteiger partial charge in [0.2, 0.25) is 0 Å². The molecule has 0 saturated carbocycles. The quantitative estimate of drug-likeness (QED) is 0.218. The Hall–Kier alpha value is -1.92. The van der Waals surface area contributed by atoms with Crippen molar-refractivity contribution < 1.29 is 20.4 Å². The van der Waals surface area contributed by atoms with E-state index in [0.717, 1.165) is 0 Å². The van der Waals surface area contributed by atoms with Crippen LogP contribution in [-0.4, -0.2) is 74.4 Å². The van der Waals surface area contributed by atoms with Gasteiger partial charge in [0.05, 0.1) is 12.7 Å². The predicted octanol–water partition coefficient (Wildman–Crippen LogP) is -3.69. The Balaban J connectivity index is 2.86. The first kappa shape index (κ1) is 19.1. The van der Waals surface area contributed by atoms with Gasteiger partial charge in [0, 0.05) is 19.1 Å². The summed E-state index contributed by atoms with van der Waals surface area (Å²) in [6.45, 7) is 0.973. The summed E-state index contributed by atoms with van der Waals surface area (Å²) in [6, 6.07) is -0.249. The first-order valence-corrected chi connectivity index (χ1v) is 7.01. The molecule has 0 bridgehead atoms. The van der Waals surface area contributed by atoms with E-state index in [2.05, 4.69) is 15.6 Å². The van der Waals surface area contributed by atoms with E-state index in [9.17, 15) is 24.9 Å². The van der Waals surface area contributed by atoms with Crippen LogP contribution in [0.5, 0.6) is 0 Å². The first-order valence-electron chi connectivity index (χ1n) is 7.01. The zero-order valence-corrected chi connectivity index (χ0v) is 12.6. The third kappa shape index (κ3) is 5.65. The van der Waals surface area contributed by atoms with Crippen LogP contribution in [0.25, 0.3) is 0 Å². The van der Waals surface area contributed by atoms with Crippen LogP contribution in [0, 0.1) is 0 Å². The highest BCUT2D eigenvalue weighted by Gasteiger charge is 2.24. The van der Waals surface area contributed by atoms with E-state index >= 15 is 0 Å². The van der Waals surface area contributed by atoms with Gasteiger partial charge in [-0.15, -0.1) is 0 Å². The maximum atomic E-state index is 11.8. The molecule has 1 aromatic rings. The molecule has 4 atom stereocenters. The maximum absolute atomic E-state index is 11.8. The van der Waals surface area contributed by atoms with Crippen molar-refractivity contribution in [3.8, 4) is 0 Å². The number of nitrogens with one attached hydrogen (secondary N) is 4. The summed E-state index contributed by atoms with van der Waals surface area (Å²) in [6.07, 6.45) is -4.55. The number of hydrogen-bond acceptors (Lipinski definition) is 9. The Labute approximate surface area is 131 Å². The molecule has 1 heterocycles. The van der Waals surface area contributed by atoms with Gasteiger partial charge in [-0.3, -0.25) is 14.8 Å². The molecule has 1 rings (SSSR count). The average Bonchev–Trinajstić information content (AvgIpc) is 2.49. The van der Waals surface area contributed by atoms with Gasteiger partial charge in [-0.05, 0) is 6.92 Å². The number of nitrogens with two attached hydrogens (primary N) is 1. The zero-order valence-electron chi connectivity index (χ0n) is 12.6. The molecule has 10 N–H and O–H groups in total. The molecule has 0 radical (unpaired) electrons. The number of aromatic amines is 2. The standard InChI is InChI=1S/C12H23N5O6/c1-5(13)2-14-8-10(16-12(23)17-11(8)22)15-3-6(19)9(21)7(20)4-18/h5-7,9,14,18-21H,2-4,13H2,1H3,(H3,15,16,17,22,23)/t5?,6-,7+,9-/m0/s1. The van der Waals surface area contributed by atoms with Gasteiger partial charge in [-0.1, -0.05) is 0 Å². The summed E-state index contributed by atoms with van der Waals surface area (Å²) in [4.78, 5) is 27.5. The molecule has 0 amide bonds. The molecule has 0 aliphatic rings. The van der Waals surface area contributed by atoms with Gasteiger partial charge in [0.25, 0.3) is 5.56 Å². The smallest absolute Gasteiger partial charge is 0.327 e. The van der Waals surface area contributed by atoms with E-state index in [1.54, 1.807) is 6.92 Å². The van der Waals surface area contributed by atoms with Crippen molar-refractivity contribution in [3.63, 3.8) is 0 Å². The van der Waals surface area contributed by atoms with Crippen LogP contribution in [0.1, 0.15) is 6.92 Å². The van der Waals surface area contributed by atoms with Crippen LogP contribution in [0.15, 0.2) is 9.59 Å².